The fourth-order valence-electron chi connectivity index (χ4n) is 2.32. The largest absolute Gasteiger partial charge is 0.493 e. The van der Waals surface area contributed by atoms with Gasteiger partial charge in [-0.2, -0.15) is 5.26 Å². The maximum atomic E-state index is 12.4. The highest BCUT2D eigenvalue weighted by atomic mass is 79.9. The average Bonchev–Trinajstić information content (AvgIpc) is 2.70. The van der Waals surface area contributed by atoms with E-state index in [1.807, 2.05) is 43.3 Å². The van der Waals surface area contributed by atoms with E-state index in [9.17, 15) is 10.1 Å². The molecule has 2 aromatic rings. The van der Waals surface area contributed by atoms with E-state index in [-0.39, 0.29) is 5.57 Å². The van der Waals surface area contributed by atoms with Crippen molar-refractivity contribution in [3.05, 3.63) is 63.6 Å². The number of hydrogen-bond donors (Lipinski definition) is 1. The van der Waals surface area contributed by atoms with Gasteiger partial charge in [0, 0.05) is 11.0 Å². The Bertz CT molecular complexity index is 858. The number of nitrogens with zero attached hydrogens (tertiary/aromatic N) is 1. The molecular formula is C21H21BrN2O3. The van der Waals surface area contributed by atoms with Crippen LogP contribution in [0.3, 0.4) is 0 Å². The number of nitrogens with one attached hydrogen (secondary N) is 1. The van der Waals surface area contributed by atoms with Crippen molar-refractivity contribution < 1.29 is 14.3 Å². The van der Waals surface area contributed by atoms with Gasteiger partial charge in [-0.1, -0.05) is 53.2 Å². The van der Waals surface area contributed by atoms with E-state index in [0.29, 0.717) is 34.7 Å². The summed E-state index contributed by atoms with van der Waals surface area (Å²) in [4.78, 5) is 12.4. The summed E-state index contributed by atoms with van der Waals surface area (Å²) < 4.78 is 11.7. The Morgan fingerprint density at radius 2 is 2.00 bits per heavy atom. The molecule has 0 aromatic heterocycles. The molecule has 0 aliphatic rings. The van der Waals surface area contributed by atoms with Crippen LogP contribution in [-0.4, -0.2) is 19.6 Å². The summed E-state index contributed by atoms with van der Waals surface area (Å²) in [6.07, 6.45) is 2.40. The van der Waals surface area contributed by atoms with Gasteiger partial charge >= 0.3 is 0 Å². The van der Waals surface area contributed by atoms with Crippen LogP contribution in [-0.2, 0) is 11.3 Å². The molecule has 1 N–H and O–H groups in total. The third-order valence-corrected chi connectivity index (χ3v) is 4.39. The molecule has 0 radical (unpaired) electrons. The van der Waals surface area contributed by atoms with Crippen molar-refractivity contribution in [1.82, 2.24) is 5.32 Å². The van der Waals surface area contributed by atoms with Gasteiger partial charge in [0.05, 0.1) is 13.7 Å². The Morgan fingerprint density at radius 3 is 2.63 bits per heavy atom. The smallest absolute Gasteiger partial charge is 0.262 e. The van der Waals surface area contributed by atoms with Gasteiger partial charge in [-0.25, -0.2) is 0 Å². The summed E-state index contributed by atoms with van der Waals surface area (Å²) in [5.41, 5.74) is 1.63. The molecule has 0 fully saturated rings. The number of carbonyl (C=O) groups excluding carboxylic acids is 1. The minimum Gasteiger partial charge on any atom is -0.493 e. The van der Waals surface area contributed by atoms with E-state index >= 15 is 0 Å². The van der Waals surface area contributed by atoms with Gasteiger partial charge < -0.3 is 14.8 Å². The maximum Gasteiger partial charge on any atom is 0.262 e. The molecule has 2 rings (SSSR count). The van der Waals surface area contributed by atoms with Crippen molar-refractivity contribution in [2.45, 2.75) is 19.9 Å². The molecule has 0 spiro atoms. The molecule has 0 bridgehead atoms. The Hall–Kier alpha value is -2.78. The lowest BCUT2D eigenvalue weighted by molar-refractivity contribution is -0.117. The second kappa shape index (κ2) is 10.4. The minimum absolute atomic E-state index is 0.0101. The fourth-order valence-corrected chi connectivity index (χ4v) is 2.76. The summed E-state index contributed by atoms with van der Waals surface area (Å²) in [5.74, 6) is 0.717. The molecule has 5 nitrogen and oxygen atoms in total. The lowest BCUT2D eigenvalue weighted by Crippen LogP contribution is -2.23. The van der Waals surface area contributed by atoms with Crippen molar-refractivity contribution in [3.63, 3.8) is 0 Å². The predicted octanol–water partition coefficient (Wildman–Crippen LogP) is 4.47. The van der Waals surface area contributed by atoms with Gasteiger partial charge in [-0.05, 0) is 35.8 Å². The third kappa shape index (κ3) is 5.87. The number of amides is 1. The summed E-state index contributed by atoms with van der Waals surface area (Å²) in [6.45, 7) is 2.95. The zero-order chi connectivity index (χ0) is 19.6. The quantitative estimate of drug-likeness (QED) is 0.497. The van der Waals surface area contributed by atoms with Crippen LogP contribution in [0.5, 0.6) is 11.5 Å². The Labute approximate surface area is 167 Å². The highest BCUT2D eigenvalue weighted by molar-refractivity contribution is 9.10. The molecule has 140 valence electrons. The lowest BCUT2D eigenvalue weighted by Gasteiger charge is -2.12. The first-order valence-corrected chi connectivity index (χ1v) is 9.32. The van der Waals surface area contributed by atoms with Gasteiger partial charge in [-0.3, -0.25) is 4.79 Å². The molecule has 0 unspecified atom stereocenters. The standard InChI is InChI=1S/C21H21BrN2O3/c1-3-9-27-20-12-18(22)16(11-19(20)26-2)10-17(13-23)21(25)24-14-15-7-5-4-6-8-15/h4-8,10-12H,3,9,14H2,1-2H3,(H,24,25). The van der Waals surface area contributed by atoms with E-state index in [2.05, 4.69) is 21.2 Å². The fraction of sp³-hybridized carbons (Fsp3) is 0.238. The SMILES string of the molecule is CCCOc1cc(Br)c(C=C(C#N)C(=O)NCc2ccccc2)cc1OC. The third-order valence-electron chi connectivity index (χ3n) is 3.71. The van der Waals surface area contributed by atoms with Crippen LogP contribution in [0.15, 0.2) is 52.5 Å². The van der Waals surface area contributed by atoms with Crippen molar-refractivity contribution in [3.8, 4) is 17.6 Å². The number of carbonyl (C=O) groups is 1. The van der Waals surface area contributed by atoms with Crippen LogP contribution in [0.4, 0.5) is 0 Å². The van der Waals surface area contributed by atoms with Gasteiger partial charge in [0.15, 0.2) is 11.5 Å². The van der Waals surface area contributed by atoms with Crippen LogP contribution in [0.25, 0.3) is 6.08 Å². The molecule has 27 heavy (non-hydrogen) atoms. The number of methoxy groups -OCH3 is 1. The van der Waals surface area contributed by atoms with E-state index in [1.165, 1.54) is 6.08 Å². The molecule has 0 atom stereocenters. The van der Waals surface area contributed by atoms with Crippen molar-refractivity contribution >= 4 is 27.9 Å². The average molecular weight is 429 g/mol. The second-order valence-corrected chi connectivity index (χ2v) is 6.57. The number of nitriles is 1. The number of halogens is 1. The Morgan fingerprint density at radius 1 is 1.26 bits per heavy atom. The molecule has 0 aliphatic carbocycles. The molecule has 0 heterocycles. The predicted molar refractivity (Wildman–Crippen MR) is 108 cm³/mol. The van der Waals surface area contributed by atoms with E-state index in [4.69, 9.17) is 9.47 Å². The number of ether oxygens (including phenoxy) is 2. The van der Waals surface area contributed by atoms with Gasteiger partial charge in [0.1, 0.15) is 11.6 Å². The van der Waals surface area contributed by atoms with Gasteiger partial charge in [0.25, 0.3) is 5.91 Å². The monoisotopic (exact) mass is 428 g/mol. The van der Waals surface area contributed by atoms with E-state index < -0.39 is 5.91 Å². The molecular weight excluding hydrogens is 408 g/mol. The molecule has 1 amide bonds. The van der Waals surface area contributed by atoms with Crippen LogP contribution >= 0.6 is 15.9 Å². The first kappa shape index (κ1) is 20.5. The zero-order valence-electron chi connectivity index (χ0n) is 15.3. The highest BCUT2D eigenvalue weighted by Crippen LogP contribution is 2.34. The first-order chi connectivity index (χ1) is 13.1. The topological polar surface area (TPSA) is 71.3 Å². The maximum absolute atomic E-state index is 12.4. The second-order valence-electron chi connectivity index (χ2n) is 5.71. The lowest BCUT2D eigenvalue weighted by atomic mass is 10.1. The zero-order valence-corrected chi connectivity index (χ0v) is 16.9. The van der Waals surface area contributed by atoms with Gasteiger partial charge in [0.2, 0.25) is 0 Å². The molecule has 6 heteroatoms. The van der Waals surface area contributed by atoms with Crippen LogP contribution in [0, 0.1) is 11.3 Å². The first-order valence-electron chi connectivity index (χ1n) is 8.53. The van der Waals surface area contributed by atoms with Gasteiger partial charge in [-0.15, -0.1) is 0 Å². The molecule has 0 saturated heterocycles. The van der Waals surface area contributed by atoms with E-state index in [1.54, 1.807) is 19.2 Å². The Balaban J connectivity index is 2.20. The normalized spacial score (nSPS) is 10.8. The number of rotatable bonds is 8. The van der Waals surface area contributed by atoms with Crippen LogP contribution in [0.1, 0.15) is 24.5 Å². The molecule has 0 aliphatic heterocycles. The summed E-state index contributed by atoms with van der Waals surface area (Å²) >= 11 is 3.46. The number of benzene rings is 2. The van der Waals surface area contributed by atoms with Crippen LogP contribution in [0.2, 0.25) is 0 Å². The highest BCUT2D eigenvalue weighted by Gasteiger charge is 2.13. The summed E-state index contributed by atoms with van der Waals surface area (Å²) in [7, 11) is 1.55. The van der Waals surface area contributed by atoms with E-state index in [0.717, 1.165) is 12.0 Å². The summed E-state index contributed by atoms with van der Waals surface area (Å²) in [5, 5.41) is 12.1. The van der Waals surface area contributed by atoms with Crippen molar-refractivity contribution in [2.75, 3.05) is 13.7 Å². The Kier molecular flexibility index (Phi) is 7.90. The minimum atomic E-state index is -0.432. The molecule has 0 saturated carbocycles. The molecule has 2 aromatic carbocycles. The summed E-state index contributed by atoms with van der Waals surface area (Å²) in [6, 6.07) is 15.0. The van der Waals surface area contributed by atoms with Crippen molar-refractivity contribution in [2.24, 2.45) is 0 Å². The van der Waals surface area contributed by atoms with Crippen LogP contribution < -0.4 is 14.8 Å². The number of hydrogen-bond acceptors (Lipinski definition) is 4. The van der Waals surface area contributed by atoms with Crippen molar-refractivity contribution in [1.29, 1.82) is 5.26 Å².